The summed E-state index contributed by atoms with van der Waals surface area (Å²) in [6, 6.07) is 6.61. The molecule has 1 aromatic rings. The second-order valence-corrected chi connectivity index (χ2v) is 4.34. The molecule has 0 amide bonds. The molecule has 0 spiro atoms. The Morgan fingerprint density at radius 1 is 1.24 bits per heavy atom. The van der Waals surface area contributed by atoms with E-state index >= 15 is 0 Å². The molecule has 0 bridgehead atoms. The smallest absolute Gasteiger partial charge is 0.269 e. The van der Waals surface area contributed by atoms with Crippen molar-refractivity contribution in [1.82, 2.24) is 4.90 Å². The van der Waals surface area contributed by atoms with Crippen molar-refractivity contribution >= 4 is 28.9 Å². The molecule has 94 valence electrons. The molecule has 6 heteroatoms. The van der Waals surface area contributed by atoms with Crippen molar-refractivity contribution in [2.45, 2.75) is 6.54 Å². The summed E-state index contributed by atoms with van der Waals surface area (Å²) < 4.78 is 0. The van der Waals surface area contributed by atoms with Gasteiger partial charge in [-0.05, 0) is 5.56 Å². The van der Waals surface area contributed by atoms with Crippen molar-refractivity contribution in [1.29, 1.82) is 0 Å². The SMILES string of the molecule is O=[N+]([O-])c1cccc(CN(CCCl)CCCl)c1. The average molecular weight is 277 g/mol. The van der Waals surface area contributed by atoms with E-state index < -0.39 is 4.92 Å². The highest BCUT2D eigenvalue weighted by molar-refractivity contribution is 6.18. The van der Waals surface area contributed by atoms with E-state index in [1.165, 1.54) is 6.07 Å². The van der Waals surface area contributed by atoms with E-state index in [1.54, 1.807) is 12.1 Å². The Labute approximate surface area is 110 Å². The Morgan fingerprint density at radius 3 is 2.41 bits per heavy atom. The largest absolute Gasteiger partial charge is 0.297 e. The van der Waals surface area contributed by atoms with Crippen LogP contribution in [0.4, 0.5) is 5.69 Å². The van der Waals surface area contributed by atoms with Crippen LogP contribution in [0.1, 0.15) is 5.56 Å². The van der Waals surface area contributed by atoms with Gasteiger partial charge in [0.25, 0.3) is 5.69 Å². The second kappa shape index (κ2) is 7.48. The third-order valence-electron chi connectivity index (χ3n) is 2.33. The highest BCUT2D eigenvalue weighted by atomic mass is 35.5. The Morgan fingerprint density at radius 2 is 1.88 bits per heavy atom. The van der Waals surface area contributed by atoms with Crippen LogP contribution in [0.25, 0.3) is 0 Å². The van der Waals surface area contributed by atoms with E-state index in [2.05, 4.69) is 4.90 Å². The number of hydrogen-bond donors (Lipinski definition) is 0. The summed E-state index contributed by atoms with van der Waals surface area (Å²) in [5.74, 6) is 1.04. The summed E-state index contributed by atoms with van der Waals surface area (Å²) in [6.07, 6.45) is 0. The lowest BCUT2D eigenvalue weighted by molar-refractivity contribution is -0.384. The van der Waals surface area contributed by atoms with Gasteiger partial charge in [0, 0.05) is 43.5 Å². The van der Waals surface area contributed by atoms with Crippen LogP contribution in [0, 0.1) is 10.1 Å². The van der Waals surface area contributed by atoms with Gasteiger partial charge in [-0.3, -0.25) is 15.0 Å². The van der Waals surface area contributed by atoms with E-state index in [9.17, 15) is 10.1 Å². The van der Waals surface area contributed by atoms with Crippen LogP contribution in [0.15, 0.2) is 24.3 Å². The first-order valence-corrected chi connectivity index (χ1v) is 6.32. The van der Waals surface area contributed by atoms with Crippen molar-refractivity contribution in [2.24, 2.45) is 0 Å². The summed E-state index contributed by atoms with van der Waals surface area (Å²) in [6.45, 7) is 2.06. The maximum absolute atomic E-state index is 10.6. The third kappa shape index (κ3) is 4.89. The van der Waals surface area contributed by atoms with E-state index in [0.717, 1.165) is 18.7 Å². The van der Waals surface area contributed by atoms with Crippen LogP contribution in [-0.4, -0.2) is 34.7 Å². The predicted molar refractivity (Wildman–Crippen MR) is 69.8 cm³/mol. The zero-order valence-electron chi connectivity index (χ0n) is 9.31. The fourth-order valence-corrected chi connectivity index (χ4v) is 2.01. The van der Waals surface area contributed by atoms with Gasteiger partial charge < -0.3 is 0 Å². The summed E-state index contributed by atoms with van der Waals surface area (Å²) in [5, 5.41) is 10.6. The summed E-state index contributed by atoms with van der Waals surface area (Å²) >= 11 is 11.4. The fourth-order valence-electron chi connectivity index (χ4n) is 1.54. The molecule has 0 N–H and O–H groups in total. The Hall–Kier alpha value is -0.840. The topological polar surface area (TPSA) is 46.4 Å². The maximum atomic E-state index is 10.6. The van der Waals surface area contributed by atoms with Gasteiger partial charge in [0.05, 0.1) is 4.92 Å². The fraction of sp³-hybridized carbons (Fsp3) is 0.455. The van der Waals surface area contributed by atoms with E-state index in [1.807, 2.05) is 6.07 Å². The zero-order valence-corrected chi connectivity index (χ0v) is 10.8. The lowest BCUT2D eigenvalue weighted by atomic mass is 10.2. The van der Waals surface area contributed by atoms with Gasteiger partial charge in [-0.15, -0.1) is 23.2 Å². The zero-order chi connectivity index (χ0) is 12.7. The minimum Gasteiger partial charge on any atom is -0.297 e. The first-order chi connectivity index (χ1) is 8.17. The number of nitro groups is 1. The maximum Gasteiger partial charge on any atom is 0.269 e. The predicted octanol–water partition coefficient (Wildman–Crippen LogP) is 2.87. The number of rotatable bonds is 7. The molecule has 0 aromatic heterocycles. The molecule has 0 saturated heterocycles. The van der Waals surface area contributed by atoms with Crippen molar-refractivity contribution in [3.05, 3.63) is 39.9 Å². The average Bonchev–Trinajstić information content (AvgIpc) is 2.30. The van der Waals surface area contributed by atoms with Gasteiger partial charge in [0.15, 0.2) is 0 Å². The lowest BCUT2D eigenvalue weighted by Crippen LogP contribution is -2.27. The number of nitrogens with zero attached hydrogens (tertiary/aromatic N) is 2. The molecule has 17 heavy (non-hydrogen) atoms. The van der Waals surface area contributed by atoms with Crippen LogP contribution in [0.3, 0.4) is 0 Å². The minimum atomic E-state index is -0.392. The molecule has 0 unspecified atom stereocenters. The molecule has 0 aliphatic carbocycles. The second-order valence-electron chi connectivity index (χ2n) is 3.58. The molecule has 0 radical (unpaired) electrons. The van der Waals surface area contributed by atoms with E-state index in [4.69, 9.17) is 23.2 Å². The van der Waals surface area contributed by atoms with Gasteiger partial charge in [-0.2, -0.15) is 0 Å². The molecule has 0 aliphatic heterocycles. The van der Waals surface area contributed by atoms with Crippen LogP contribution in [0.2, 0.25) is 0 Å². The molecule has 1 aromatic carbocycles. The first kappa shape index (κ1) is 14.2. The number of alkyl halides is 2. The highest BCUT2D eigenvalue weighted by Crippen LogP contribution is 2.14. The summed E-state index contributed by atoms with van der Waals surface area (Å²) in [5.41, 5.74) is 1.01. The molecule has 4 nitrogen and oxygen atoms in total. The van der Waals surface area contributed by atoms with Crippen LogP contribution >= 0.6 is 23.2 Å². The highest BCUT2D eigenvalue weighted by Gasteiger charge is 2.09. The van der Waals surface area contributed by atoms with Crippen LogP contribution < -0.4 is 0 Å². The molecular formula is C11H14Cl2N2O2. The standard InChI is InChI=1S/C11H14Cl2N2O2/c12-4-6-14(7-5-13)9-10-2-1-3-11(8-10)15(16)17/h1-3,8H,4-7,9H2. The molecule has 0 fully saturated rings. The van der Waals surface area contributed by atoms with Crippen molar-refractivity contribution in [3.63, 3.8) is 0 Å². The summed E-state index contributed by atoms with van der Waals surface area (Å²) in [7, 11) is 0. The number of benzene rings is 1. The number of halogens is 2. The number of nitro benzene ring substituents is 1. The quantitative estimate of drug-likeness (QED) is 0.437. The third-order valence-corrected chi connectivity index (χ3v) is 2.67. The first-order valence-electron chi connectivity index (χ1n) is 5.25. The molecule has 0 aliphatic rings. The van der Waals surface area contributed by atoms with Gasteiger partial charge >= 0.3 is 0 Å². The van der Waals surface area contributed by atoms with Crippen molar-refractivity contribution < 1.29 is 4.92 Å². The van der Waals surface area contributed by atoms with Crippen molar-refractivity contribution in [3.8, 4) is 0 Å². The lowest BCUT2D eigenvalue weighted by Gasteiger charge is -2.19. The number of non-ortho nitro benzene ring substituents is 1. The monoisotopic (exact) mass is 276 g/mol. The van der Waals surface area contributed by atoms with Gasteiger partial charge in [-0.1, -0.05) is 12.1 Å². The van der Waals surface area contributed by atoms with Crippen LogP contribution in [0.5, 0.6) is 0 Å². The normalized spacial score (nSPS) is 10.8. The van der Waals surface area contributed by atoms with Crippen LogP contribution in [-0.2, 0) is 6.54 Å². The van der Waals surface area contributed by atoms with Gasteiger partial charge in [0.1, 0.15) is 0 Å². The molecule has 0 saturated carbocycles. The van der Waals surface area contributed by atoms with Gasteiger partial charge in [-0.25, -0.2) is 0 Å². The van der Waals surface area contributed by atoms with E-state index in [-0.39, 0.29) is 5.69 Å². The Bertz CT molecular complexity index is 368. The Balaban J connectivity index is 2.71. The Kier molecular flexibility index (Phi) is 6.26. The molecule has 0 atom stereocenters. The van der Waals surface area contributed by atoms with E-state index in [0.29, 0.717) is 18.3 Å². The minimum absolute atomic E-state index is 0.110. The van der Waals surface area contributed by atoms with Crippen molar-refractivity contribution in [2.75, 3.05) is 24.8 Å². The summed E-state index contributed by atoms with van der Waals surface area (Å²) in [4.78, 5) is 12.3. The molecule has 0 heterocycles. The van der Waals surface area contributed by atoms with Gasteiger partial charge in [0.2, 0.25) is 0 Å². The molecular weight excluding hydrogens is 263 g/mol. The molecule has 1 rings (SSSR count). The number of hydrogen-bond acceptors (Lipinski definition) is 3.